The van der Waals surface area contributed by atoms with E-state index >= 15 is 0 Å². The van der Waals surface area contributed by atoms with Gasteiger partial charge in [0.15, 0.2) is 4.77 Å². The molecule has 0 fully saturated rings. The van der Waals surface area contributed by atoms with Crippen LogP contribution in [-0.2, 0) is 22.9 Å². The Morgan fingerprint density at radius 1 is 1.53 bits per heavy atom. The molecule has 0 aromatic carbocycles. The summed E-state index contributed by atoms with van der Waals surface area (Å²) in [5, 5.41) is 0. The SMILES string of the molecule is COCCc1c(C(=O)OC)[nH]c(=S)n1C. The highest BCUT2D eigenvalue weighted by molar-refractivity contribution is 7.71. The molecule has 84 valence electrons. The fraction of sp³-hybridized carbons (Fsp3) is 0.556. The minimum absolute atomic E-state index is 0.405. The molecular weight excluding hydrogens is 216 g/mol. The lowest BCUT2D eigenvalue weighted by Gasteiger charge is -2.04. The summed E-state index contributed by atoms with van der Waals surface area (Å²) in [6, 6.07) is 0. The number of aromatic nitrogens is 2. The van der Waals surface area contributed by atoms with Gasteiger partial charge >= 0.3 is 5.97 Å². The van der Waals surface area contributed by atoms with Crippen LogP contribution in [0.1, 0.15) is 16.2 Å². The van der Waals surface area contributed by atoms with E-state index in [0.29, 0.717) is 23.5 Å². The van der Waals surface area contributed by atoms with Gasteiger partial charge in [-0.2, -0.15) is 0 Å². The summed E-state index contributed by atoms with van der Waals surface area (Å²) in [5.41, 5.74) is 1.20. The van der Waals surface area contributed by atoms with E-state index in [1.54, 1.807) is 18.7 Å². The summed E-state index contributed by atoms with van der Waals surface area (Å²) in [4.78, 5) is 14.2. The highest BCUT2D eigenvalue weighted by atomic mass is 32.1. The largest absolute Gasteiger partial charge is 0.464 e. The van der Waals surface area contributed by atoms with E-state index < -0.39 is 5.97 Å². The van der Waals surface area contributed by atoms with E-state index in [-0.39, 0.29) is 0 Å². The molecule has 1 rings (SSSR count). The minimum atomic E-state index is -0.409. The third-order valence-electron chi connectivity index (χ3n) is 2.16. The number of hydrogen-bond acceptors (Lipinski definition) is 4. The summed E-state index contributed by atoms with van der Waals surface area (Å²) >= 11 is 5.04. The molecular formula is C9H14N2O3S. The van der Waals surface area contributed by atoms with Gasteiger partial charge in [0.25, 0.3) is 0 Å². The van der Waals surface area contributed by atoms with E-state index in [0.717, 1.165) is 5.69 Å². The smallest absolute Gasteiger partial charge is 0.356 e. The van der Waals surface area contributed by atoms with Crippen LogP contribution in [0.15, 0.2) is 0 Å². The number of nitrogens with zero attached hydrogens (tertiary/aromatic N) is 1. The van der Waals surface area contributed by atoms with E-state index in [4.69, 9.17) is 17.0 Å². The second-order valence-corrected chi connectivity index (χ2v) is 3.43. The lowest BCUT2D eigenvalue weighted by atomic mass is 10.2. The number of aromatic amines is 1. The highest BCUT2D eigenvalue weighted by Crippen LogP contribution is 2.10. The minimum Gasteiger partial charge on any atom is -0.464 e. The van der Waals surface area contributed by atoms with Gasteiger partial charge in [-0.25, -0.2) is 4.79 Å². The number of ether oxygens (including phenoxy) is 2. The van der Waals surface area contributed by atoms with Gasteiger partial charge in [-0.3, -0.25) is 0 Å². The van der Waals surface area contributed by atoms with Crippen molar-refractivity contribution in [1.29, 1.82) is 0 Å². The number of methoxy groups -OCH3 is 2. The van der Waals surface area contributed by atoms with Crippen molar-refractivity contribution in [2.75, 3.05) is 20.8 Å². The maximum absolute atomic E-state index is 11.4. The van der Waals surface area contributed by atoms with E-state index in [2.05, 4.69) is 9.72 Å². The summed E-state index contributed by atoms with van der Waals surface area (Å²) in [6.07, 6.45) is 0.616. The standard InChI is InChI=1S/C9H14N2O3S/c1-11-6(4-5-13-2)7(8(12)14-3)10-9(11)15/h4-5H2,1-3H3,(H,10,15). The topological polar surface area (TPSA) is 56.2 Å². The van der Waals surface area contributed by atoms with E-state index in [9.17, 15) is 4.79 Å². The maximum atomic E-state index is 11.4. The normalized spacial score (nSPS) is 10.3. The fourth-order valence-corrected chi connectivity index (χ4v) is 1.53. The number of hydrogen-bond donors (Lipinski definition) is 1. The molecule has 0 aliphatic carbocycles. The van der Waals surface area contributed by atoms with Crippen molar-refractivity contribution in [2.24, 2.45) is 7.05 Å². The predicted molar refractivity (Wildman–Crippen MR) is 57.5 cm³/mol. The Balaban J connectivity index is 3.09. The summed E-state index contributed by atoms with van der Waals surface area (Å²) in [7, 11) is 4.75. The van der Waals surface area contributed by atoms with Crippen molar-refractivity contribution in [3.8, 4) is 0 Å². The number of H-pyrrole nitrogens is 1. The molecule has 0 radical (unpaired) electrons. The fourth-order valence-electron chi connectivity index (χ4n) is 1.32. The van der Waals surface area contributed by atoms with E-state index in [1.165, 1.54) is 7.11 Å². The average molecular weight is 230 g/mol. The molecule has 0 aliphatic rings. The number of carbonyl (C=O) groups excluding carboxylic acids is 1. The van der Waals surface area contributed by atoms with Crippen molar-refractivity contribution in [1.82, 2.24) is 9.55 Å². The van der Waals surface area contributed by atoms with Gasteiger partial charge in [0.1, 0.15) is 5.69 Å². The van der Waals surface area contributed by atoms with Crippen LogP contribution in [0.2, 0.25) is 0 Å². The molecule has 0 saturated carbocycles. The van der Waals surface area contributed by atoms with Crippen LogP contribution >= 0.6 is 12.2 Å². The molecule has 5 nitrogen and oxygen atoms in total. The molecule has 0 spiro atoms. The van der Waals surface area contributed by atoms with Gasteiger partial charge in [-0.1, -0.05) is 0 Å². The van der Waals surface area contributed by atoms with Crippen LogP contribution < -0.4 is 0 Å². The van der Waals surface area contributed by atoms with Gasteiger partial charge in [-0.05, 0) is 12.2 Å². The Labute approximate surface area is 93.0 Å². The summed E-state index contributed by atoms with van der Waals surface area (Å²) in [5.74, 6) is -0.409. The van der Waals surface area contributed by atoms with Crippen LogP contribution in [0, 0.1) is 4.77 Å². The Bertz CT molecular complexity index is 408. The first-order chi connectivity index (χ1) is 7.11. The molecule has 15 heavy (non-hydrogen) atoms. The molecule has 0 unspecified atom stereocenters. The van der Waals surface area contributed by atoms with Gasteiger partial charge in [0, 0.05) is 20.6 Å². The van der Waals surface area contributed by atoms with Crippen LogP contribution in [-0.4, -0.2) is 36.3 Å². The number of carbonyl (C=O) groups is 1. The number of imidazole rings is 1. The van der Waals surface area contributed by atoms with Crippen molar-refractivity contribution in [3.05, 3.63) is 16.2 Å². The Kier molecular flexibility index (Phi) is 4.05. The van der Waals surface area contributed by atoms with Gasteiger partial charge in [0.05, 0.1) is 19.4 Å². The zero-order valence-electron chi connectivity index (χ0n) is 8.99. The van der Waals surface area contributed by atoms with Gasteiger partial charge in [-0.15, -0.1) is 0 Å². The maximum Gasteiger partial charge on any atom is 0.356 e. The average Bonchev–Trinajstić information content (AvgIpc) is 2.52. The van der Waals surface area contributed by atoms with Crippen molar-refractivity contribution >= 4 is 18.2 Å². The molecule has 1 heterocycles. The Hall–Kier alpha value is -1.14. The molecule has 0 bridgehead atoms. The van der Waals surface area contributed by atoms with Gasteiger partial charge < -0.3 is 19.0 Å². The first-order valence-corrected chi connectivity index (χ1v) is 4.87. The summed E-state index contributed by atoms with van der Waals surface area (Å²) in [6.45, 7) is 0.532. The number of rotatable bonds is 4. The Morgan fingerprint density at radius 3 is 2.73 bits per heavy atom. The molecule has 0 aliphatic heterocycles. The molecule has 1 aromatic heterocycles. The first-order valence-electron chi connectivity index (χ1n) is 4.47. The predicted octanol–water partition coefficient (Wildman–Crippen LogP) is 1.06. The first kappa shape index (κ1) is 11.9. The molecule has 1 aromatic rings. The van der Waals surface area contributed by atoms with Crippen molar-refractivity contribution < 1.29 is 14.3 Å². The molecule has 1 N–H and O–H groups in total. The third kappa shape index (κ3) is 2.45. The molecule has 0 saturated heterocycles. The second-order valence-electron chi connectivity index (χ2n) is 3.05. The zero-order chi connectivity index (χ0) is 11.4. The lowest BCUT2D eigenvalue weighted by molar-refractivity contribution is 0.0592. The van der Waals surface area contributed by atoms with Crippen LogP contribution in [0.3, 0.4) is 0 Å². The van der Waals surface area contributed by atoms with Crippen LogP contribution in [0.5, 0.6) is 0 Å². The molecule has 0 amide bonds. The summed E-state index contributed by atoms with van der Waals surface area (Å²) < 4.78 is 11.9. The van der Waals surface area contributed by atoms with Gasteiger partial charge in [0.2, 0.25) is 0 Å². The van der Waals surface area contributed by atoms with E-state index in [1.807, 2.05) is 0 Å². The second kappa shape index (κ2) is 5.09. The zero-order valence-corrected chi connectivity index (χ0v) is 9.81. The Morgan fingerprint density at radius 2 is 2.20 bits per heavy atom. The lowest BCUT2D eigenvalue weighted by Crippen LogP contribution is -2.09. The van der Waals surface area contributed by atoms with Crippen LogP contribution in [0.4, 0.5) is 0 Å². The number of nitrogens with one attached hydrogen (secondary N) is 1. The van der Waals surface area contributed by atoms with Crippen molar-refractivity contribution in [3.63, 3.8) is 0 Å². The van der Waals surface area contributed by atoms with Crippen LogP contribution in [0.25, 0.3) is 0 Å². The highest BCUT2D eigenvalue weighted by Gasteiger charge is 2.16. The monoisotopic (exact) mass is 230 g/mol. The van der Waals surface area contributed by atoms with Crippen molar-refractivity contribution in [2.45, 2.75) is 6.42 Å². The number of esters is 1. The molecule has 6 heteroatoms. The molecule has 0 atom stereocenters. The third-order valence-corrected chi connectivity index (χ3v) is 2.54. The quantitative estimate of drug-likeness (QED) is 0.620.